The number of imidazole rings is 1. The lowest BCUT2D eigenvalue weighted by atomic mass is 9.93. The Kier molecular flexibility index (Phi) is 4.84. The number of aromatic amines is 2. The number of fused-ring (bicyclic) bond motifs is 3. The first-order valence-corrected chi connectivity index (χ1v) is 9.56. The highest BCUT2D eigenvalue weighted by Gasteiger charge is 2.33. The molecule has 1 aliphatic rings. The number of rotatable bonds is 4. The van der Waals surface area contributed by atoms with Crippen LogP contribution in [0.3, 0.4) is 0 Å². The third kappa shape index (κ3) is 3.05. The number of carbonyl (C=O) groups excluding carboxylic acids is 1. The van der Waals surface area contributed by atoms with Crippen LogP contribution in [-0.2, 0) is 4.74 Å². The first-order valence-electron chi connectivity index (χ1n) is 9.56. The topological polar surface area (TPSA) is 99.2 Å². The number of piperidine rings is 1. The standard InChI is InChI=1S/C19H26N6O3/c1-12-5-7-24(19(27)23(2)8-9-28-3)11-15(12)25-16-13-4-6-20-17(13)21-10-14(16)22-18(25)26/h4,6,10,12,15H,5,7-9,11H2,1-3H3,(H,20,21)(H,22,26). The molecule has 150 valence electrons. The smallest absolute Gasteiger partial charge is 0.326 e. The Morgan fingerprint density at radius 2 is 2.29 bits per heavy atom. The number of nitrogens with zero attached hydrogens (tertiary/aromatic N) is 4. The maximum Gasteiger partial charge on any atom is 0.326 e. The number of pyridine rings is 1. The molecule has 1 saturated heterocycles. The van der Waals surface area contributed by atoms with Gasteiger partial charge in [0.05, 0.1) is 29.9 Å². The molecule has 2 atom stereocenters. The monoisotopic (exact) mass is 386 g/mol. The number of likely N-dealkylation sites (tertiary alicyclic amines) is 1. The number of carbonyl (C=O) groups is 1. The van der Waals surface area contributed by atoms with E-state index in [2.05, 4.69) is 21.9 Å². The van der Waals surface area contributed by atoms with E-state index in [1.54, 1.807) is 25.3 Å². The van der Waals surface area contributed by atoms with Gasteiger partial charge in [-0.1, -0.05) is 6.92 Å². The van der Waals surface area contributed by atoms with Gasteiger partial charge in [0.25, 0.3) is 0 Å². The van der Waals surface area contributed by atoms with E-state index >= 15 is 0 Å². The zero-order valence-electron chi connectivity index (χ0n) is 16.4. The number of hydrogen-bond acceptors (Lipinski definition) is 4. The van der Waals surface area contributed by atoms with Crippen LogP contribution in [0.2, 0.25) is 0 Å². The molecule has 0 bridgehead atoms. The average molecular weight is 386 g/mol. The number of aromatic nitrogens is 4. The van der Waals surface area contributed by atoms with Crippen LogP contribution in [0.25, 0.3) is 22.1 Å². The van der Waals surface area contributed by atoms with Crippen LogP contribution in [0, 0.1) is 5.92 Å². The first kappa shape index (κ1) is 18.5. The molecule has 28 heavy (non-hydrogen) atoms. The molecule has 9 nitrogen and oxygen atoms in total. The van der Waals surface area contributed by atoms with Crippen LogP contribution in [0.4, 0.5) is 4.79 Å². The third-order valence-electron chi connectivity index (χ3n) is 5.74. The second kappa shape index (κ2) is 7.31. The van der Waals surface area contributed by atoms with Gasteiger partial charge in [-0.3, -0.25) is 4.57 Å². The van der Waals surface area contributed by atoms with E-state index in [0.29, 0.717) is 31.8 Å². The van der Waals surface area contributed by atoms with Gasteiger partial charge >= 0.3 is 11.7 Å². The Bertz CT molecular complexity index is 1050. The van der Waals surface area contributed by atoms with E-state index in [1.165, 1.54) is 0 Å². The summed E-state index contributed by atoms with van der Waals surface area (Å²) < 4.78 is 6.89. The van der Waals surface area contributed by atoms with E-state index in [0.717, 1.165) is 23.0 Å². The fraction of sp³-hybridized carbons (Fsp3) is 0.526. The van der Waals surface area contributed by atoms with E-state index in [9.17, 15) is 9.59 Å². The van der Waals surface area contributed by atoms with Crippen molar-refractivity contribution in [3.8, 4) is 0 Å². The van der Waals surface area contributed by atoms with Crippen LogP contribution in [-0.4, -0.2) is 75.7 Å². The number of hydrogen-bond donors (Lipinski definition) is 2. The Labute approximate surface area is 162 Å². The number of likely N-dealkylation sites (N-methyl/N-ethyl adjacent to an activating group) is 1. The number of ether oxygens (including phenoxy) is 1. The number of urea groups is 1. The van der Waals surface area contributed by atoms with Gasteiger partial charge < -0.3 is 24.5 Å². The van der Waals surface area contributed by atoms with Crippen LogP contribution < -0.4 is 5.69 Å². The predicted molar refractivity (Wildman–Crippen MR) is 107 cm³/mol. The summed E-state index contributed by atoms with van der Waals surface area (Å²) in [6.07, 6.45) is 4.35. The Hall–Kier alpha value is -2.81. The molecule has 0 radical (unpaired) electrons. The molecule has 2 unspecified atom stereocenters. The molecular formula is C19H26N6O3. The van der Waals surface area contributed by atoms with E-state index in [4.69, 9.17) is 4.74 Å². The molecule has 1 aliphatic heterocycles. The summed E-state index contributed by atoms with van der Waals surface area (Å²) in [6, 6.07) is 1.80. The number of nitrogens with one attached hydrogen (secondary N) is 2. The normalized spacial score (nSPS) is 20.2. The third-order valence-corrected chi connectivity index (χ3v) is 5.74. The molecule has 2 N–H and O–H groups in total. The average Bonchev–Trinajstić information content (AvgIpc) is 3.29. The second-order valence-electron chi connectivity index (χ2n) is 7.54. The van der Waals surface area contributed by atoms with Crippen LogP contribution in [0.15, 0.2) is 23.3 Å². The minimum atomic E-state index is -0.163. The van der Waals surface area contributed by atoms with Crippen molar-refractivity contribution < 1.29 is 9.53 Å². The van der Waals surface area contributed by atoms with E-state index < -0.39 is 0 Å². The zero-order valence-corrected chi connectivity index (χ0v) is 16.4. The number of amides is 2. The van der Waals surface area contributed by atoms with Gasteiger partial charge in [0.15, 0.2) is 0 Å². The fourth-order valence-electron chi connectivity index (χ4n) is 4.06. The van der Waals surface area contributed by atoms with Gasteiger partial charge in [0.1, 0.15) is 5.65 Å². The minimum Gasteiger partial charge on any atom is -0.383 e. The summed E-state index contributed by atoms with van der Waals surface area (Å²) in [5.41, 5.74) is 2.14. The number of methoxy groups -OCH3 is 1. The van der Waals surface area contributed by atoms with Crippen LogP contribution >= 0.6 is 0 Å². The van der Waals surface area contributed by atoms with Crippen LogP contribution in [0.1, 0.15) is 19.4 Å². The maximum atomic E-state index is 12.8. The summed E-state index contributed by atoms with van der Waals surface area (Å²) in [4.78, 5) is 39.6. The maximum absolute atomic E-state index is 12.8. The largest absolute Gasteiger partial charge is 0.383 e. The Morgan fingerprint density at radius 3 is 3.07 bits per heavy atom. The Morgan fingerprint density at radius 1 is 1.46 bits per heavy atom. The van der Waals surface area contributed by atoms with Crippen molar-refractivity contribution >= 4 is 28.1 Å². The van der Waals surface area contributed by atoms with Gasteiger partial charge in [0.2, 0.25) is 0 Å². The summed E-state index contributed by atoms with van der Waals surface area (Å²) in [5, 5.41) is 0.906. The quantitative estimate of drug-likeness (QED) is 0.714. The minimum absolute atomic E-state index is 0.0321. The van der Waals surface area contributed by atoms with Crippen LogP contribution in [0.5, 0.6) is 0 Å². The summed E-state index contributed by atoms with van der Waals surface area (Å²) in [6.45, 7) is 4.36. The van der Waals surface area contributed by atoms with Crippen molar-refractivity contribution in [1.29, 1.82) is 0 Å². The molecule has 2 amide bonds. The van der Waals surface area contributed by atoms with Crippen molar-refractivity contribution in [3.63, 3.8) is 0 Å². The SMILES string of the molecule is COCCN(C)C(=O)N1CCC(C)C(n2c(=O)[nH]c3cnc4[nH]ccc4c32)C1. The highest BCUT2D eigenvalue weighted by Crippen LogP contribution is 2.31. The summed E-state index contributed by atoms with van der Waals surface area (Å²) in [5.74, 6) is 0.271. The molecule has 3 aromatic heterocycles. The van der Waals surface area contributed by atoms with Gasteiger partial charge in [-0.2, -0.15) is 0 Å². The molecule has 0 aliphatic carbocycles. The first-order chi connectivity index (χ1) is 13.5. The van der Waals surface area contributed by atoms with Gasteiger partial charge in [-0.25, -0.2) is 14.6 Å². The molecular weight excluding hydrogens is 360 g/mol. The molecule has 4 rings (SSSR count). The Balaban J connectivity index is 1.70. The van der Waals surface area contributed by atoms with Crippen molar-refractivity contribution in [2.45, 2.75) is 19.4 Å². The van der Waals surface area contributed by atoms with Gasteiger partial charge in [0, 0.05) is 45.4 Å². The molecule has 9 heteroatoms. The lowest BCUT2D eigenvalue weighted by Gasteiger charge is -2.39. The lowest BCUT2D eigenvalue weighted by Crippen LogP contribution is -2.50. The molecule has 0 aromatic carbocycles. The van der Waals surface area contributed by atoms with E-state index in [-0.39, 0.29) is 23.7 Å². The van der Waals surface area contributed by atoms with Gasteiger partial charge in [-0.05, 0) is 18.4 Å². The molecule has 0 spiro atoms. The molecule has 3 aromatic rings. The summed E-state index contributed by atoms with van der Waals surface area (Å²) >= 11 is 0. The highest BCUT2D eigenvalue weighted by atomic mass is 16.5. The van der Waals surface area contributed by atoms with E-state index in [1.807, 2.05) is 21.7 Å². The highest BCUT2D eigenvalue weighted by molar-refractivity contribution is 6.00. The lowest BCUT2D eigenvalue weighted by molar-refractivity contribution is 0.106. The van der Waals surface area contributed by atoms with Crippen molar-refractivity contribution in [1.82, 2.24) is 29.3 Å². The van der Waals surface area contributed by atoms with Crippen molar-refractivity contribution in [2.24, 2.45) is 5.92 Å². The fourth-order valence-corrected chi connectivity index (χ4v) is 4.06. The summed E-state index contributed by atoms with van der Waals surface area (Å²) in [7, 11) is 3.40. The van der Waals surface area contributed by atoms with Crippen molar-refractivity contribution in [2.75, 3.05) is 40.4 Å². The molecule has 1 fully saturated rings. The predicted octanol–water partition coefficient (Wildman–Crippen LogP) is 1.79. The molecule has 0 saturated carbocycles. The van der Waals surface area contributed by atoms with Crippen molar-refractivity contribution in [3.05, 3.63) is 28.9 Å². The molecule has 4 heterocycles. The zero-order chi connectivity index (χ0) is 19.8. The number of H-pyrrole nitrogens is 2. The second-order valence-corrected chi connectivity index (χ2v) is 7.54. The van der Waals surface area contributed by atoms with Gasteiger partial charge in [-0.15, -0.1) is 0 Å².